The van der Waals surface area contributed by atoms with Crippen molar-refractivity contribution in [2.45, 2.75) is 103 Å². The van der Waals surface area contributed by atoms with Crippen molar-refractivity contribution in [2.24, 2.45) is 0 Å². The molecular weight excluding hydrogens is 617 g/mol. The van der Waals surface area contributed by atoms with Crippen molar-refractivity contribution in [3.8, 4) is 28.6 Å². The summed E-state index contributed by atoms with van der Waals surface area (Å²) < 4.78 is 13.7. The standard InChI is InChI=1S/C40H54N4O3S/c1-9-39(4,5)31-19-24-35(34(28-31)40(6,7)10-2)47-26-12-11-25-41-36(45)14-13-27-48-38-43-42-37(30-17-15-29(3)16-18-30)44(38)32-20-22-33(46-8)23-21-32/h15-24,28H,9-14,25-27H2,1-8H3,(H,41,45). The fourth-order valence-corrected chi connectivity index (χ4v) is 6.23. The van der Waals surface area contributed by atoms with Crippen LogP contribution < -0.4 is 14.8 Å². The van der Waals surface area contributed by atoms with Crippen LogP contribution in [0.25, 0.3) is 17.1 Å². The van der Waals surface area contributed by atoms with Crippen molar-refractivity contribution < 1.29 is 14.3 Å². The van der Waals surface area contributed by atoms with E-state index in [1.165, 1.54) is 16.7 Å². The van der Waals surface area contributed by atoms with E-state index in [0.29, 0.717) is 19.6 Å². The Morgan fingerprint density at radius 3 is 2.25 bits per heavy atom. The van der Waals surface area contributed by atoms with Gasteiger partial charge in [0, 0.05) is 35.5 Å². The predicted molar refractivity (Wildman–Crippen MR) is 199 cm³/mol. The molecule has 0 unspecified atom stereocenters. The molecule has 4 aromatic rings. The second-order valence-corrected chi connectivity index (χ2v) is 14.8. The number of nitrogens with one attached hydrogen (secondary N) is 1. The summed E-state index contributed by atoms with van der Waals surface area (Å²) in [6.45, 7) is 17.0. The maximum atomic E-state index is 12.6. The summed E-state index contributed by atoms with van der Waals surface area (Å²) in [5.74, 6) is 3.39. The van der Waals surface area contributed by atoms with Crippen molar-refractivity contribution in [1.82, 2.24) is 20.1 Å². The molecule has 4 rings (SSSR count). The predicted octanol–water partition coefficient (Wildman–Crippen LogP) is 9.47. The van der Waals surface area contributed by atoms with Gasteiger partial charge in [-0.25, -0.2) is 0 Å². The smallest absolute Gasteiger partial charge is 0.220 e. The molecule has 0 atom stereocenters. The highest BCUT2D eigenvalue weighted by atomic mass is 32.2. The van der Waals surface area contributed by atoms with Gasteiger partial charge >= 0.3 is 0 Å². The van der Waals surface area contributed by atoms with Crippen molar-refractivity contribution in [2.75, 3.05) is 26.0 Å². The van der Waals surface area contributed by atoms with Crippen molar-refractivity contribution in [3.63, 3.8) is 0 Å². The molecule has 1 aromatic heterocycles. The van der Waals surface area contributed by atoms with Gasteiger partial charge in [0.2, 0.25) is 5.91 Å². The van der Waals surface area contributed by atoms with E-state index < -0.39 is 0 Å². The Morgan fingerprint density at radius 1 is 0.875 bits per heavy atom. The minimum absolute atomic E-state index is 0.0379. The molecule has 0 aliphatic heterocycles. The molecule has 0 radical (unpaired) electrons. The number of carbonyl (C=O) groups excluding carboxylic acids is 1. The number of methoxy groups -OCH3 is 1. The lowest BCUT2D eigenvalue weighted by Gasteiger charge is -2.30. The van der Waals surface area contributed by atoms with Crippen LogP contribution in [0, 0.1) is 6.92 Å². The molecule has 7 nitrogen and oxygen atoms in total. The van der Waals surface area contributed by atoms with Crippen LogP contribution in [0.5, 0.6) is 11.5 Å². The molecule has 0 aliphatic carbocycles. The molecule has 0 bridgehead atoms. The van der Waals surface area contributed by atoms with Crippen LogP contribution in [0.15, 0.2) is 71.9 Å². The first-order valence-electron chi connectivity index (χ1n) is 17.3. The van der Waals surface area contributed by atoms with Crippen molar-refractivity contribution in [1.29, 1.82) is 0 Å². The molecule has 0 aliphatic rings. The van der Waals surface area contributed by atoms with Gasteiger partial charge in [0.1, 0.15) is 11.5 Å². The summed E-state index contributed by atoms with van der Waals surface area (Å²) in [7, 11) is 1.66. The minimum atomic E-state index is 0.0379. The number of ether oxygens (including phenoxy) is 2. The summed E-state index contributed by atoms with van der Waals surface area (Å²) in [4.78, 5) is 12.6. The maximum Gasteiger partial charge on any atom is 0.220 e. The van der Waals surface area contributed by atoms with Gasteiger partial charge in [-0.1, -0.05) is 95.3 Å². The number of thioether (sulfide) groups is 1. The molecule has 258 valence electrons. The van der Waals surface area contributed by atoms with Gasteiger partial charge in [-0.3, -0.25) is 9.36 Å². The second kappa shape index (κ2) is 17.0. The third-order valence-corrected chi connectivity index (χ3v) is 10.5. The van der Waals surface area contributed by atoms with Gasteiger partial charge < -0.3 is 14.8 Å². The molecular formula is C40H54N4O3S. The first-order valence-corrected chi connectivity index (χ1v) is 18.3. The maximum absolute atomic E-state index is 12.6. The lowest BCUT2D eigenvalue weighted by Crippen LogP contribution is -2.24. The molecule has 0 saturated heterocycles. The summed E-state index contributed by atoms with van der Waals surface area (Å²) in [5, 5.41) is 12.9. The second-order valence-electron chi connectivity index (χ2n) is 13.7. The van der Waals surface area contributed by atoms with Gasteiger partial charge in [-0.2, -0.15) is 0 Å². The average molecular weight is 671 g/mol. The highest BCUT2D eigenvalue weighted by Crippen LogP contribution is 2.38. The van der Waals surface area contributed by atoms with Crippen LogP contribution in [-0.4, -0.2) is 46.7 Å². The normalized spacial score (nSPS) is 11.8. The number of unbranched alkanes of at least 4 members (excludes halogenated alkanes) is 1. The number of rotatable bonds is 18. The summed E-state index contributed by atoms with van der Waals surface area (Å²) >= 11 is 1.61. The number of carbonyl (C=O) groups is 1. The SMILES string of the molecule is CCC(C)(C)c1ccc(OCCCCNC(=O)CCCSc2nnc(-c3ccc(C)cc3)n2-c2ccc(OC)cc2)c(C(C)(C)CC)c1. The highest BCUT2D eigenvalue weighted by molar-refractivity contribution is 7.99. The van der Waals surface area contributed by atoms with Gasteiger partial charge in [0.05, 0.1) is 13.7 Å². The third-order valence-electron chi connectivity index (χ3n) is 9.46. The fraction of sp³-hybridized carbons (Fsp3) is 0.475. The molecule has 1 heterocycles. The molecule has 48 heavy (non-hydrogen) atoms. The Balaban J connectivity index is 1.24. The molecule has 1 N–H and O–H groups in total. The molecule has 0 saturated carbocycles. The molecule has 8 heteroatoms. The Morgan fingerprint density at radius 2 is 1.58 bits per heavy atom. The Kier molecular flexibility index (Phi) is 13.2. The monoisotopic (exact) mass is 670 g/mol. The van der Waals surface area contributed by atoms with Crippen LogP contribution >= 0.6 is 11.8 Å². The van der Waals surface area contributed by atoms with Gasteiger partial charge in [0.15, 0.2) is 11.0 Å². The number of nitrogens with zero attached hydrogens (tertiary/aromatic N) is 3. The summed E-state index contributed by atoms with van der Waals surface area (Å²) in [5.41, 5.74) is 5.97. The topological polar surface area (TPSA) is 78.3 Å². The number of aryl methyl sites for hydroxylation is 1. The number of aromatic nitrogens is 3. The molecule has 3 aromatic carbocycles. The average Bonchev–Trinajstić information content (AvgIpc) is 3.52. The Hall–Kier alpha value is -3.78. The van der Waals surface area contributed by atoms with E-state index >= 15 is 0 Å². The van der Waals surface area contributed by atoms with E-state index in [1.54, 1.807) is 18.9 Å². The van der Waals surface area contributed by atoms with Crippen LogP contribution in [0.1, 0.15) is 96.8 Å². The van der Waals surface area contributed by atoms with Crippen molar-refractivity contribution in [3.05, 3.63) is 83.4 Å². The largest absolute Gasteiger partial charge is 0.497 e. The Labute approximate surface area is 292 Å². The summed E-state index contributed by atoms with van der Waals surface area (Å²) in [6, 6.07) is 22.9. The van der Waals surface area contributed by atoms with Crippen molar-refractivity contribution >= 4 is 17.7 Å². The first kappa shape index (κ1) is 37.0. The van der Waals surface area contributed by atoms with Crippen LogP contribution in [0.2, 0.25) is 0 Å². The molecule has 0 spiro atoms. The van der Waals surface area contributed by atoms with E-state index in [4.69, 9.17) is 9.47 Å². The van der Waals surface area contributed by atoms with Crippen LogP contribution in [-0.2, 0) is 15.6 Å². The zero-order chi connectivity index (χ0) is 34.7. The lowest BCUT2D eigenvalue weighted by atomic mass is 9.76. The van der Waals surface area contributed by atoms with Crippen LogP contribution in [0.4, 0.5) is 0 Å². The third kappa shape index (κ3) is 9.65. The van der Waals surface area contributed by atoms with Gasteiger partial charge in [-0.15, -0.1) is 10.2 Å². The number of hydrogen-bond acceptors (Lipinski definition) is 6. The Bertz CT molecular complexity index is 1610. The van der Waals surface area contributed by atoms with Gasteiger partial charge in [-0.05, 0) is 85.8 Å². The quantitative estimate of drug-likeness (QED) is 0.0840. The highest BCUT2D eigenvalue weighted by Gasteiger charge is 2.26. The summed E-state index contributed by atoms with van der Waals surface area (Å²) in [6.07, 6.45) is 5.11. The zero-order valence-electron chi connectivity index (χ0n) is 30.2. The lowest BCUT2D eigenvalue weighted by molar-refractivity contribution is -0.121. The van der Waals surface area contributed by atoms with E-state index in [0.717, 1.165) is 71.6 Å². The van der Waals surface area contributed by atoms with Crippen LogP contribution in [0.3, 0.4) is 0 Å². The number of benzene rings is 3. The first-order chi connectivity index (χ1) is 23.0. The van der Waals surface area contributed by atoms with E-state index in [-0.39, 0.29) is 16.7 Å². The van der Waals surface area contributed by atoms with E-state index in [2.05, 4.69) is 111 Å². The number of hydrogen-bond donors (Lipinski definition) is 1. The molecule has 0 fully saturated rings. The van der Waals surface area contributed by atoms with E-state index in [1.807, 2.05) is 24.3 Å². The minimum Gasteiger partial charge on any atom is -0.497 e. The molecule has 1 amide bonds. The van der Waals surface area contributed by atoms with Gasteiger partial charge in [0.25, 0.3) is 0 Å². The fourth-order valence-electron chi connectivity index (χ4n) is 5.34. The number of amides is 1. The zero-order valence-corrected chi connectivity index (χ0v) is 31.0. The van der Waals surface area contributed by atoms with E-state index in [9.17, 15) is 4.79 Å².